The minimum absolute atomic E-state index is 0.267. The van der Waals surface area contributed by atoms with Crippen LogP contribution >= 0.6 is 0 Å². The molecule has 1 N–H and O–H groups in total. The van der Waals surface area contributed by atoms with Crippen LogP contribution in [0.3, 0.4) is 0 Å². The van der Waals surface area contributed by atoms with Gasteiger partial charge in [0.1, 0.15) is 5.69 Å². The highest BCUT2D eigenvalue weighted by Gasteiger charge is 2.25. The number of aryl methyl sites for hydroxylation is 1. The summed E-state index contributed by atoms with van der Waals surface area (Å²) in [6.07, 6.45) is 6.64. The van der Waals surface area contributed by atoms with Crippen molar-refractivity contribution in [3.8, 4) is 6.07 Å². The second kappa shape index (κ2) is 6.67. The molecule has 104 valence electrons. The van der Waals surface area contributed by atoms with E-state index < -0.39 is 0 Å². The van der Waals surface area contributed by atoms with Crippen LogP contribution < -0.4 is 0 Å². The van der Waals surface area contributed by atoms with Gasteiger partial charge in [-0.1, -0.05) is 18.1 Å². The van der Waals surface area contributed by atoms with Crippen molar-refractivity contribution < 1.29 is 5.11 Å². The third kappa shape index (κ3) is 3.54. The van der Waals surface area contributed by atoms with E-state index >= 15 is 0 Å². The number of hydrogen-bond acceptors (Lipinski definition) is 4. The second-order valence-electron chi connectivity index (χ2n) is 5.45. The Hall–Kier alpha value is -1.41. The molecule has 1 aliphatic rings. The van der Waals surface area contributed by atoms with Gasteiger partial charge in [-0.15, -0.1) is 5.10 Å². The topological polar surface area (TPSA) is 74.7 Å². The first-order valence-electron chi connectivity index (χ1n) is 7.19. The number of nitrogens with zero attached hydrogens (tertiary/aromatic N) is 4. The van der Waals surface area contributed by atoms with Crippen LogP contribution in [0.15, 0.2) is 0 Å². The highest BCUT2D eigenvalue weighted by Crippen LogP contribution is 2.35. The molecule has 1 aliphatic carbocycles. The summed E-state index contributed by atoms with van der Waals surface area (Å²) < 4.78 is 1.96. The van der Waals surface area contributed by atoms with Crippen LogP contribution in [0, 0.1) is 11.3 Å². The van der Waals surface area contributed by atoms with Gasteiger partial charge >= 0.3 is 0 Å². The summed E-state index contributed by atoms with van der Waals surface area (Å²) in [6, 6.07) is 2.18. The molecule has 1 unspecified atom stereocenters. The Morgan fingerprint density at radius 3 is 2.84 bits per heavy atom. The van der Waals surface area contributed by atoms with Crippen LogP contribution in [0.1, 0.15) is 62.8 Å². The first-order chi connectivity index (χ1) is 9.22. The van der Waals surface area contributed by atoms with Gasteiger partial charge in [0.05, 0.1) is 24.3 Å². The Balaban J connectivity index is 2.10. The fourth-order valence-electron chi connectivity index (χ4n) is 2.90. The molecule has 1 aromatic rings. The lowest BCUT2D eigenvalue weighted by Gasteiger charge is -2.13. The third-order valence-corrected chi connectivity index (χ3v) is 3.83. The lowest BCUT2D eigenvalue weighted by atomic mass is 10.0. The molecule has 5 nitrogen and oxygen atoms in total. The summed E-state index contributed by atoms with van der Waals surface area (Å²) in [5.74, 6) is 0.518. The van der Waals surface area contributed by atoms with E-state index in [1.165, 1.54) is 31.4 Å². The zero-order chi connectivity index (χ0) is 13.7. The molecular weight excluding hydrogens is 240 g/mol. The van der Waals surface area contributed by atoms with E-state index in [9.17, 15) is 5.11 Å². The molecule has 0 aliphatic heterocycles. The molecule has 0 bridgehead atoms. The lowest BCUT2D eigenvalue weighted by molar-refractivity contribution is 0.178. The first-order valence-corrected chi connectivity index (χ1v) is 7.19. The zero-order valence-electron chi connectivity index (χ0n) is 11.5. The number of aliphatic hydroxyl groups excluding tert-OH is 1. The molecule has 1 fully saturated rings. The Bertz CT molecular complexity index is 441. The van der Waals surface area contributed by atoms with Gasteiger partial charge in [-0.25, -0.2) is 4.68 Å². The maximum atomic E-state index is 9.31. The molecule has 0 aromatic carbocycles. The predicted octanol–water partition coefficient (Wildman–Crippen LogP) is 2.16. The van der Waals surface area contributed by atoms with Gasteiger partial charge in [-0.05, 0) is 32.6 Å². The van der Waals surface area contributed by atoms with Gasteiger partial charge in [0.2, 0.25) is 0 Å². The van der Waals surface area contributed by atoms with Crippen molar-refractivity contribution in [1.29, 1.82) is 5.26 Å². The molecule has 2 rings (SSSR count). The molecule has 0 saturated heterocycles. The molecule has 1 aromatic heterocycles. The molecular formula is C14H22N4O. The van der Waals surface area contributed by atoms with Crippen LogP contribution in [0.25, 0.3) is 0 Å². The van der Waals surface area contributed by atoms with Crippen LogP contribution in [0.5, 0.6) is 0 Å². The molecule has 1 saturated carbocycles. The summed E-state index contributed by atoms with van der Waals surface area (Å²) in [5, 5.41) is 26.6. The Kier molecular flexibility index (Phi) is 4.92. The maximum absolute atomic E-state index is 9.31. The van der Waals surface area contributed by atoms with E-state index in [1.807, 2.05) is 4.68 Å². The Morgan fingerprint density at radius 2 is 2.21 bits per heavy atom. The second-order valence-corrected chi connectivity index (χ2v) is 5.45. The maximum Gasteiger partial charge on any atom is 0.100 e. The zero-order valence-corrected chi connectivity index (χ0v) is 11.5. The van der Waals surface area contributed by atoms with Crippen LogP contribution in [-0.2, 0) is 13.0 Å². The average Bonchev–Trinajstić information content (AvgIpc) is 2.98. The minimum atomic E-state index is -0.267. The molecule has 5 heteroatoms. The number of rotatable bonds is 6. The van der Waals surface area contributed by atoms with Crippen molar-refractivity contribution in [1.82, 2.24) is 15.0 Å². The smallest absolute Gasteiger partial charge is 0.100 e. The summed E-state index contributed by atoms with van der Waals surface area (Å²) in [6.45, 7) is 2.59. The highest BCUT2D eigenvalue weighted by molar-refractivity contribution is 5.19. The summed E-state index contributed by atoms with van der Waals surface area (Å²) in [4.78, 5) is 0. The largest absolute Gasteiger partial charge is 0.393 e. The normalized spacial score (nSPS) is 17.5. The van der Waals surface area contributed by atoms with Gasteiger partial charge in [0.15, 0.2) is 0 Å². The van der Waals surface area contributed by atoms with E-state index in [-0.39, 0.29) is 6.10 Å². The van der Waals surface area contributed by atoms with E-state index in [0.29, 0.717) is 12.3 Å². The SMILES string of the molecule is CC(O)CCCn1nnc(CC#N)c1C1CCCC1. The van der Waals surface area contributed by atoms with Gasteiger partial charge in [-0.3, -0.25) is 0 Å². The molecule has 19 heavy (non-hydrogen) atoms. The van der Waals surface area contributed by atoms with Crippen molar-refractivity contribution in [2.75, 3.05) is 0 Å². The van der Waals surface area contributed by atoms with E-state index in [1.54, 1.807) is 6.92 Å². The average molecular weight is 262 g/mol. The Labute approximate surface area is 114 Å². The van der Waals surface area contributed by atoms with Gasteiger partial charge in [0.25, 0.3) is 0 Å². The number of hydrogen-bond donors (Lipinski definition) is 1. The van der Waals surface area contributed by atoms with Gasteiger partial charge in [0, 0.05) is 12.5 Å². The molecule has 0 radical (unpaired) electrons. The summed E-state index contributed by atoms with van der Waals surface area (Å²) >= 11 is 0. The van der Waals surface area contributed by atoms with Gasteiger partial charge in [-0.2, -0.15) is 5.26 Å². The summed E-state index contributed by atoms with van der Waals surface area (Å²) in [5.41, 5.74) is 2.02. The quantitative estimate of drug-likeness (QED) is 0.852. The third-order valence-electron chi connectivity index (χ3n) is 3.83. The number of nitriles is 1. The first kappa shape index (κ1) is 14.0. The van der Waals surface area contributed by atoms with Crippen LogP contribution in [-0.4, -0.2) is 26.2 Å². The van der Waals surface area contributed by atoms with Crippen molar-refractivity contribution in [2.24, 2.45) is 0 Å². The number of aromatic nitrogens is 3. The van der Waals surface area contributed by atoms with Crippen LogP contribution in [0.2, 0.25) is 0 Å². The molecule has 1 heterocycles. The predicted molar refractivity (Wildman–Crippen MR) is 71.5 cm³/mol. The van der Waals surface area contributed by atoms with Gasteiger partial charge < -0.3 is 5.11 Å². The monoisotopic (exact) mass is 262 g/mol. The lowest BCUT2D eigenvalue weighted by Crippen LogP contribution is -2.11. The molecule has 0 spiro atoms. The van der Waals surface area contributed by atoms with E-state index in [2.05, 4.69) is 16.4 Å². The van der Waals surface area contributed by atoms with Crippen molar-refractivity contribution in [3.63, 3.8) is 0 Å². The molecule has 0 amide bonds. The fraction of sp³-hybridized carbons (Fsp3) is 0.786. The fourth-order valence-corrected chi connectivity index (χ4v) is 2.90. The number of aliphatic hydroxyl groups is 1. The molecule has 1 atom stereocenters. The Morgan fingerprint density at radius 1 is 1.47 bits per heavy atom. The summed E-state index contributed by atoms with van der Waals surface area (Å²) in [7, 11) is 0. The van der Waals surface area contributed by atoms with Crippen molar-refractivity contribution >= 4 is 0 Å². The highest BCUT2D eigenvalue weighted by atomic mass is 16.3. The van der Waals surface area contributed by atoms with E-state index in [4.69, 9.17) is 5.26 Å². The standard InChI is InChI=1S/C14H22N4O/c1-11(19)5-4-10-18-14(12-6-2-3-7-12)13(8-9-15)16-17-18/h11-12,19H,2-8,10H2,1H3. The van der Waals surface area contributed by atoms with Crippen molar-refractivity contribution in [2.45, 2.75) is 70.4 Å². The minimum Gasteiger partial charge on any atom is -0.393 e. The van der Waals surface area contributed by atoms with E-state index in [0.717, 1.165) is 25.1 Å². The van der Waals surface area contributed by atoms with Crippen molar-refractivity contribution in [3.05, 3.63) is 11.4 Å². The van der Waals surface area contributed by atoms with Crippen LogP contribution in [0.4, 0.5) is 0 Å².